The van der Waals surface area contributed by atoms with E-state index in [0.717, 1.165) is 34.4 Å². The summed E-state index contributed by atoms with van der Waals surface area (Å²) in [6, 6.07) is 16.2. The van der Waals surface area contributed by atoms with Crippen LogP contribution in [0.4, 0.5) is 13.2 Å². The molecule has 0 aliphatic carbocycles. The van der Waals surface area contributed by atoms with Gasteiger partial charge in [0.25, 0.3) is 0 Å². The standard InChI is InChI=1S/C32H27F3N8O4/c1-41-16-37-22-9-8-19(12-24(22)41)43-31(36-15-38-43)30-29(44-2)27(28-25(46-30)14-45-32(47-28)17-6-4-3-5-7-17)42-13-23(39-40-42)18-10-20(33)26(35)21(34)11-18/h3-13,15-16,25,27-30,32H,14H2,1-2H3/t25-,27+,28+,29-,30-,32?/m1/s1. The number of methoxy groups -OCH3 is 1. The molecule has 5 heterocycles. The fourth-order valence-corrected chi connectivity index (χ4v) is 6.30. The van der Waals surface area contributed by atoms with Crippen LogP contribution < -0.4 is 0 Å². The van der Waals surface area contributed by atoms with Crippen molar-refractivity contribution in [1.82, 2.24) is 39.3 Å². The van der Waals surface area contributed by atoms with Crippen LogP contribution in [-0.2, 0) is 26.0 Å². The number of fused-ring (bicyclic) bond motifs is 2. The van der Waals surface area contributed by atoms with Gasteiger partial charge in [-0.15, -0.1) is 5.10 Å². The van der Waals surface area contributed by atoms with Crippen molar-refractivity contribution in [3.63, 3.8) is 0 Å². The van der Waals surface area contributed by atoms with Crippen LogP contribution in [0.2, 0.25) is 0 Å². The highest BCUT2D eigenvalue weighted by atomic mass is 19.2. The highest BCUT2D eigenvalue weighted by molar-refractivity contribution is 5.77. The summed E-state index contributed by atoms with van der Waals surface area (Å²) in [4.78, 5) is 8.99. The van der Waals surface area contributed by atoms with Crippen molar-refractivity contribution in [3.8, 4) is 16.9 Å². The average Bonchev–Trinajstić information content (AvgIpc) is 3.87. The van der Waals surface area contributed by atoms with Crippen molar-refractivity contribution in [2.24, 2.45) is 7.05 Å². The third-order valence-corrected chi connectivity index (χ3v) is 8.57. The van der Waals surface area contributed by atoms with Crippen molar-refractivity contribution < 1.29 is 32.1 Å². The predicted octanol–water partition coefficient (Wildman–Crippen LogP) is 4.64. The number of imidazole rings is 1. The molecule has 240 valence electrons. The Balaban J connectivity index is 1.20. The molecule has 8 rings (SSSR count). The molecule has 0 spiro atoms. The lowest BCUT2D eigenvalue weighted by atomic mass is 9.91. The van der Waals surface area contributed by atoms with Gasteiger partial charge in [0, 0.05) is 25.3 Å². The van der Waals surface area contributed by atoms with Gasteiger partial charge in [-0.2, -0.15) is 5.10 Å². The smallest absolute Gasteiger partial charge is 0.194 e. The summed E-state index contributed by atoms with van der Waals surface area (Å²) in [6.07, 6.45) is 1.11. The maximum absolute atomic E-state index is 14.1. The minimum absolute atomic E-state index is 0.0159. The number of nitrogens with zero attached hydrogens (tertiary/aromatic N) is 8. The number of halogens is 3. The fraction of sp³-hybridized carbons (Fsp3) is 0.281. The largest absolute Gasteiger partial charge is 0.376 e. The average molecular weight is 645 g/mol. The molecule has 0 amide bonds. The number of benzene rings is 3. The van der Waals surface area contributed by atoms with E-state index in [9.17, 15) is 13.2 Å². The van der Waals surface area contributed by atoms with Gasteiger partial charge < -0.3 is 23.5 Å². The van der Waals surface area contributed by atoms with E-state index in [4.69, 9.17) is 18.9 Å². The molecule has 15 heteroatoms. The van der Waals surface area contributed by atoms with Crippen LogP contribution in [0.5, 0.6) is 0 Å². The summed E-state index contributed by atoms with van der Waals surface area (Å²) < 4.78 is 72.6. The lowest BCUT2D eigenvalue weighted by Gasteiger charge is -2.48. The molecule has 3 aromatic heterocycles. The number of hydrogen-bond donors (Lipinski definition) is 0. The Morgan fingerprint density at radius 1 is 0.957 bits per heavy atom. The molecule has 1 unspecified atom stereocenters. The van der Waals surface area contributed by atoms with Gasteiger partial charge in [-0.25, -0.2) is 32.5 Å². The van der Waals surface area contributed by atoms with Gasteiger partial charge in [0.15, 0.2) is 29.6 Å². The molecule has 2 saturated heterocycles. The Morgan fingerprint density at radius 3 is 2.55 bits per heavy atom. The molecule has 2 fully saturated rings. The van der Waals surface area contributed by atoms with Gasteiger partial charge in [-0.3, -0.25) is 0 Å². The number of aromatic nitrogens is 8. The fourth-order valence-electron chi connectivity index (χ4n) is 6.30. The molecule has 2 aliphatic heterocycles. The minimum Gasteiger partial charge on any atom is -0.376 e. The second-order valence-electron chi connectivity index (χ2n) is 11.4. The maximum Gasteiger partial charge on any atom is 0.194 e. The Labute approximate surface area is 265 Å². The first kappa shape index (κ1) is 29.4. The summed E-state index contributed by atoms with van der Waals surface area (Å²) in [5.41, 5.74) is 3.41. The van der Waals surface area contributed by atoms with Crippen LogP contribution in [0, 0.1) is 17.5 Å². The maximum atomic E-state index is 14.1. The van der Waals surface area contributed by atoms with E-state index in [0.29, 0.717) is 5.82 Å². The van der Waals surface area contributed by atoms with E-state index in [1.165, 1.54) is 24.3 Å². The van der Waals surface area contributed by atoms with E-state index in [-0.39, 0.29) is 17.9 Å². The van der Waals surface area contributed by atoms with E-state index < -0.39 is 54.2 Å². The third-order valence-electron chi connectivity index (χ3n) is 8.57. The Bertz CT molecular complexity index is 2040. The second kappa shape index (κ2) is 11.7. The number of aryl methyl sites for hydroxylation is 1. The van der Waals surface area contributed by atoms with E-state index in [1.54, 1.807) is 11.0 Å². The lowest BCUT2D eigenvalue weighted by Crippen LogP contribution is -2.57. The number of rotatable bonds is 6. The first-order valence-corrected chi connectivity index (χ1v) is 14.8. The number of ether oxygens (including phenoxy) is 4. The van der Waals surface area contributed by atoms with E-state index >= 15 is 0 Å². The van der Waals surface area contributed by atoms with Gasteiger partial charge in [0.05, 0.1) is 35.9 Å². The lowest BCUT2D eigenvalue weighted by molar-refractivity contribution is -0.321. The van der Waals surface area contributed by atoms with Crippen molar-refractivity contribution in [1.29, 1.82) is 0 Å². The Kier molecular flexibility index (Phi) is 7.32. The zero-order valence-electron chi connectivity index (χ0n) is 25.0. The normalized spacial score (nSPS) is 24.4. The molecule has 6 aromatic rings. The molecular weight excluding hydrogens is 617 g/mol. The van der Waals surface area contributed by atoms with Crippen molar-refractivity contribution in [3.05, 3.63) is 108 Å². The van der Waals surface area contributed by atoms with Gasteiger partial charge in [-0.05, 0) is 30.3 Å². The second-order valence-corrected chi connectivity index (χ2v) is 11.4. The Morgan fingerprint density at radius 2 is 1.77 bits per heavy atom. The molecule has 6 atom stereocenters. The highest BCUT2D eigenvalue weighted by Gasteiger charge is 2.53. The first-order valence-electron chi connectivity index (χ1n) is 14.8. The van der Waals surface area contributed by atoms with Gasteiger partial charge in [0.2, 0.25) is 0 Å². The first-order chi connectivity index (χ1) is 22.9. The summed E-state index contributed by atoms with van der Waals surface area (Å²) >= 11 is 0. The molecule has 0 bridgehead atoms. The van der Waals surface area contributed by atoms with E-state index in [2.05, 4.69) is 25.4 Å². The van der Waals surface area contributed by atoms with Crippen LogP contribution in [0.1, 0.15) is 29.8 Å². The predicted molar refractivity (Wildman–Crippen MR) is 158 cm³/mol. The van der Waals surface area contributed by atoms with Crippen molar-refractivity contribution in [2.75, 3.05) is 13.7 Å². The highest BCUT2D eigenvalue weighted by Crippen LogP contribution is 2.45. The van der Waals surface area contributed by atoms with Crippen LogP contribution in [0.25, 0.3) is 28.0 Å². The summed E-state index contributed by atoms with van der Waals surface area (Å²) in [6.45, 7) is 0.165. The van der Waals surface area contributed by atoms with Gasteiger partial charge >= 0.3 is 0 Å². The van der Waals surface area contributed by atoms with Gasteiger partial charge in [-0.1, -0.05) is 35.5 Å². The molecule has 47 heavy (non-hydrogen) atoms. The van der Waals surface area contributed by atoms with Gasteiger partial charge in [0.1, 0.15) is 42.5 Å². The molecule has 12 nitrogen and oxygen atoms in total. The SMILES string of the molecule is CO[C@@H]1[C@@H](n2cc(-c3cc(F)c(F)c(F)c3)nn2)[C@H]2OC(c3ccccc3)OC[C@H]2O[C@H]1c1ncnn1-c1ccc2ncn(C)c2c1. The zero-order valence-corrected chi connectivity index (χ0v) is 25.0. The molecule has 0 radical (unpaired) electrons. The topological polar surface area (TPSA) is 116 Å². The molecular formula is C32H27F3N8O4. The zero-order chi connectivity index (χ0) is 32.2. The summed E-state index contributed by atoms with van der Waals surface area (Å²) in [5.74, 6) is -3.78. The van der Waals surface area contributed by atoms with E-state index in [1.807, 2.05) is 60.1 Å². The quantitative estimate of drug-likeness (QED) is 0.239. The van der Waals surface area contributed by atoms with Crippen LogP contribution in [0.3, 0.4) is 0 Å². The summed E-state index contributed by atoms with van der Waals surface area (Å²) in [5, 5.41) is 13.0. The molecule has 2 aliphatic rings. The van der Waals surface area contributed by atoms with Crippen LogP contribution >= 0.6 is 0 Å². The monoisotopic (exact) mass is 644 g/mol. The van der Waals surface area contributed by atoms with Crippen LogP contribution in [0.15, 0.2) is 79.5 Å². The minimum atomic E-state index is -1.56. The molecule has 0 N–H and O–H groups in total. The van der Waals surface area contributed by atoms with Crippen molar-refractivity contribution in [2.45, 2.75) is 36.7 Å². The molecule has 0 saturated carbocycles. The van der Waals surface area contributed by atoms with Crippen LogP contribution in [-0.4, -0.2) is 71.3 Å². The molecule has 3 aromatic carbocycles. The number of hydrogen-bond acceptors (Lipinski definition) is 9. The van der Waals surface area contributed by atoms with Crippen molar-refractivity contribution >= 4 is 11.0 Å². The Hall–Kier alpha value is -4.96. The summed E-state index contributed by atoms with van der Waals surface area (Å²) in [7, 11) is 3.44. The third kappa shape index (κ3) is 5.07.